The van der Waals surface area contributed by atoms with E-state index in [1.807, 2.05) is 51.2 Å². The average Bonchev–Trinajstić information content (AvgIpc) is 2.88. The zero-order chi connectivity index (χ0) is 32.9. The Morgan fingerprint density at radius 2 is 1.02 bits per heavy atom. The van der Waals surface area contributed by atoms with Crippen molar-refractivity contribution in [3.05, 3.63) is 131 Å². The molecule has 0 saturated carbocycles. The monoisotopic (exact) mass is 588 g/mol. The van der Waals surface area contributed by atoms with Gasteiger partial charge in [0.05, 0.1) is 11.2 Å². The standard InChI is InChI=1S/C40H60O3/c1-32(20-13-22-34(3)24-15-26-36(5)28-17-31-39(7,8)42)18-11-12-19-33(2)21-14-23-35(4)25-16-27-37(6)29-30-38(41)40(9,10)43/h11-14,16,18-23,25-27,29-30,38,41-43H,15,17,24,28,31H2,1-10H3/b12-11+,20-13+,21-14+,25-16+,30-29+,32-18+,33-19+,34-22+,35-23+,36-26+,37-27+. The Morgan fingerprint density at radius 3 is 1.49 bits per heavy atom. The van der Waals surface area contributed by atoms with Gasteiger partial charge in [-0.3, -0.25) is 0 Å². The van der Waals surface area contributed by atoms with Crippen LogP contribution in [-0.2, 0) is 0 Å². The Bertz CT molecular complexity index is 1160. The maximum atomic E-state index is 9.87. The van der Waals surface area contributed by atoms with Crippen LogP contribution in [0.2, 0.25) is 0 Å². The molecule has 238 valence electrons. The summed E-state index contributed by atoms with van der Waals surface area (Å²) >= 11 is 0. The second kappa shape index (κ2) is 21.7. The highest BCUT2D eigenvalue weighted by Gasteiger charge is 2.21. The van der Waals surface area contributed by atoms with Crippen molar-refractivity contribution in [3.63, 3.8) is 0 Å². The van der Waals surface area contributed by atoms with Crippen LogP contribution in [0.1, 0.15) is 101 Å². The van der Waals surface area contributed by atoms with Crippen molar-refractivity contribution in [2.75, 3.05) is 0 Å². The minimum atomic E-state index is -1.15. The van der Waals surface area contributed by atoms with Gasteiger partial charge < -0.3 is 15.3 Å². The Balaban J connectivity index is 4.68. The molecule has 0 spiro atoms. The van der Waals surface area contributed by atoms with E-state index in [2.05, 4.69) is 95.4 Å². The predicted octanol–water partition coefficient (Wildman–Crippen LogP) is 10.3. The van der Waals surface area contributed by atoms with E-state index in [-0.39, 0.29) is 0 Å². The lowest BCUT2D eigenvalue weighted by atomic mass is 9.99. The van der Waals surface area contributed by atoms with Crippen molar-refractivity contribution in [1.29, 1.82) is 0 Å². The first kappa shape index (κ1) is 40.0. The minimum Gasteiger partial charge on any atom is -0.390 e. The summed E-state index contributed by atoms with van der Waals surface area (Å²) in [6.45, 7) is 19.5. The second-order valence-electron chi connectivity index (χ2n) is 12.8. The van der Waals surface area contributed by atoms with Crippen molar-refractivity contribution in [3.8, 4) is 0 Å². The maximum absolute atomic E-state index is 9.87. The Kier molecular flexibility index (Phi) is 20.2. The van der Waals surface area contributed by atoms with Gasteiger partial charge in [-0.05, 0) is 101 Å². The van der Waals surface area contributed by atoms with Crippen LogP contribution in [-0.4, -0.2) is 32.6 Å². The van der Waals surface area contributed by atoms with E-state index in [1.165, 1.54) is 16.7 Å². The van der Waals surface area contributed by atoms with E-state index in [4.69, 9.17) is 0 Å². The van der Waals surface area contributed by atoms with Gasteiger partial charge in [0.15, 0.2) is 0 Å². The summed E-state index contributed by atoms with van der Waals surface area (Å²) in [5.41, 5.74) is 5.54. The fourth-order valence-corrected chi connectivity index (χ4v) is 3.71. The molecule has 0 heterocycles. The van der Waals surface area contributed by atoms with Crippen molar-refractivity contribution in [2.24, 2.45) is 0 Å². The number of hydrogen-bond acceptors (Lipinski definition) is 3. The molecule has 0 aliphatic carbocycles. The van der Waals surface area contributed by atoms with Crippen LogP contribution in [0.5, 0.6) is 0 Å². The van der Waals surface area contributed by atoms with Crippen LogP contribution < -0.4 is 0 Å². The van der Waals surface area contributed by atoms with Gasteiger partial charge in [-0.1, -0.05) is 131 Å². The van der Waals surface area contributed by atoms with Crippen LogP contribution in [0.4, 0.5) is 0 Å². The molecule has 0 aliphatic heterocycles. The van der Waals surface area contributed by atoms with E-state index in [0.29, 0.717) is 0 Å². The van der Waals surface area contributed by atoms with Crippen LogP contribution in [0.15, 0.2) is 131 Å². The van der Waals surface area contributed by atoms with E-state index < -0.39 is 17.3 Å². The first-order valence-corrected chi connectivity index (χ1v) is 15.5. The third-order valence-electron chi connectivity index (χ3n) is 6.66. The molecule has 1 atom stereocenters. The number of allylic oxidation sites excluding steroid dienone is 21. The number of aliphatic hydroxyl groups excluding tert-OH is 1. The first-order chi connectivity index (χ1) is 20.0. The Hall–Kier alpha value is -2.98. The number of aliphatic hydroxyl groups is 3. The molecule has 0 aromatic heterocycles. The SMILES string of the molecule is CC(/C=C/C=C(C)/C=C/C=C(C)/C=C/C(O)C(C)(C)O)=C\C=C\C=C(C)\C=C\C=C(/C)CC/C=C(\C)CCCC(C)(C)O. The lowest BCUT2D eigenvalue weighted by Crippen LogP contribution is -2.34. The van der Waals surface area contributed by atoms with Crippen LogP contribution in [0.3, 0.4) is 0 Å². The normalized spacial score (nSPS) is 16.8. The summed E-state index contributed by atoms with van der Waals surface area (Å²) in [4.78, 5) is 0. The van der Waals surface area contributed by atoms with Crippen molar-refractivity contribution >= 4 is 0 Å². The molecule has 0 bridgehead atoms. The van der Waals surface area contributed by atoms with Gasteiger partial charge in [0, 0.05) is 0 Å². The number of rotatable bonds is 18. The molecule has 3 N–H and O–H groups in total. The fourth-order valence-electron chi connectivity index (χ4n) is 3.71. The van der Waals surface area contributed by atoms with Crippen LogP contribution in [0.25, 0.3) is 0 Å². The summed E-state index contributed by atoms with van der Waals surface area (Å²) < 4.78 is 0. The van der Waals surface area contributed by atoms with Gasteiger partial charge in [-0.25, -0.2) is 0 Å². The summed E-state index contributed by atoms with van der Waals surface area (Å²) in [6, 6.07) is 0. The van der Waals surface area contributed by atoms with Gasteiger partial charge in [-0.15, -0.1) is 0 Å². The smallest absolute Gasteiger partial charge is 0.101 e. The second-order valence-corrected chi connectivity index (χ2v) is 12.8. The van der Waals surface area contributed by atoms with E-state index in [1.54, 1.807) is 19.9 Å². The summed E-state index contributed by atoms with van der Waals surface area (Å²) in [7, 11) is 0. The zero-order valence-electron chi connectivity index (χ0n) is 28.7. The van der Waals surface area contributed by atoms with Gasteiger partial charge in [0.25, 0.3) is 0 Å². The molecule has 3 nitrogen and oxygen atoms in total. The summed E-state index contributed by atoms with van der Waals surface area (Å²) in [6.07, 6.45) is 36.8. The van der Waals surface area contributed by atoms with Gasteiger partial charge >= 0.3 is 0 Å². The van der Waals surface area contributed by atoms with Crippen LogP contribution in [0, 0.1) is 0 Å². The minimum absolute atomic E-state index is 0.567. The summed E-state index contributed by atoms with van der Waals surface area (Å²) in [5, 5.41) is 29.5. The highest BCUT2D eigenvalue weighted by Crippen LogP contribution is 2.17. The largest absolute Gasteiger partial charge is 0.390 e. The highest BCUT2D eigenvalue weighted by atomic mass is 16.3. The molecule has 0 aromatic rings. The Labute approximate surface area is 264 Å². The third-order valence-corrected chi connectivity index (χ3v) is 6.66. The average molecular weight is 589 g/mol. The van der Waals surface area contributed by atoms with E-state index in [0.717, 1.165) is 48.8 Å². The third kappa shape index (κ3) is 25.3. The molecule has 0 fully saturated rings. The molecular weight excluding hydrogens is 528 g/mol. The zero-order valence-corrected chi connectivity index (χ0v) is 28.7. The first-order valence-electron chi connectivity index (χ1n) is 15.5. The molecule has 0 aliphatic rings. The van der Waals surface area contributed by atoms with Crippen LogP contribution >= 0.6 is 0 Å². The predicted molar refractivity (Wildman–Crippen MR) is 190 cm³/mol. The highest BCUT2D eigenvalue weighted by molar-refractivity contribution is 5.32. The maximum Gasteiger partial charge on any atom is 0.101 e. The van der Waals surface area contributed by atoms with E-state index in [9.17, 15) is 15.3 Å². The van der Waals surface area contributed by atoms with Crippen molar-refractivity contribution in [2.45, 2.75) is 119 Å². The lowest BCUT2D eigenvalue weighted by molar-refractivity contribution is -0.0226. The van der Waals surface area contributed by atoms with Gasteiger partial charge in [0.2, 0.25) is 0 Å². The van der Waals surface area contributed by atoms with E-state index >= 15 is 0 Å². The molecule has 3 heteroatoms. The van der Waals surface area contributed by atoms with Crippen molar-refractivity contribution < 1.29 is 15.3 Å². The van der Waals surface area contributed by atoms with Gasteiger partial charge in [-0.2, -0.15) is 0 Å². The lowest BCUT2D eigenvalue weighted by Gasteiger charge is -2.21. The Morgan fingerprint density at radius 1 is 0.581 bits per heavy atom. The molecule has 1 unspecified atom stereocenters. The fraction of sp³-hybridized carbons (Fsp3) is 0.450. The molecule has 0 amide bonds. The molecule has 0 rings (SSSR count). The molecule has 0 saturated heterocycles. The number of hydrogen-bond donors (Lipinski definition) is 3. The van der Waals surface area contributed by atoms with Crippen molar-refractivity contribution in [1.82, 2.24) is 0 Å². The summed E-state index contributed by atoms with van der Waals surface area (Å²) in [5.74, 6) is 0. The molecule has 0 radical (unpaired) electrons. The van der Waals surface area contributed by atoms with Gasteiger partial charge in [0.1, 0.15) is 6.10 Å². The molecule has 43 heavy (non-hydrogen) atoms. The molecular formula is C40H60O3. The topological polar surface area (TPSA) is 60.7 Å². The quantitative estimate of drug-likeness (QED) is 0.110. The molecule has 0 aromatic carbocycles.